The van der Waals surface area contributed by atoms with Gasteiger partial charge in [0.2, 0.25) is 0 Å². The van der Waals surface area contributed by atoms with Gasteiger partial charge in [0.25, 0.3) is 0 Å². The topological polar surface area (TPSA) is 66.0 Å². The van der Waals surface area contributed by atoms with Crippen molar-refractivity contribution < 1.29 is 4.74 Å². The van der Waals surface area contributed by atoms with E-state index in [1.54, 1.807) is 0 Å². The lowest BCUT2D eigenvalue weighted by Gasteiger charge is -2.23. The minimum absolute atomic E-state index is 0.00930. The molecule has 1 aliphatic rings. The predicted molar refractivity (Wildman–Crippen MR) is 76.4 cm³/mol. The fraction of sp³-hybridized carbons (Fsp3) is 0.467. The Morgan fingerprint density at radius 3 is 2.95 bits per heavy atom. The van der Waals surface area contributed by atoms with E-state index in [0.29, 0.717) is 18.9 Å². The summed E-state index contributed by atoms with van der Waals surface area (Å²) in [5, 5.41) is 4.53. The van der Waals surface area contributed by atoms with Crippen molar-refractivity contribution >= 4 is 0 Å². The summed E-state index contributed by atoms with van der Waals surface area (Å²) < 4.78 is 7.62. The molecule has 0 aliphatic carbocycles. The van der Waals surface area contributed by atoms with Crippen LogP contribution in [0.15, 0.2) is 30.3 Å². The molecule has 2 heterocycles. The highest BCUT2D eigenvalue weighted by Gasteiger charge is 2.25. The highest BCUT2D eigenvalue weighted by atomic mass is 16.5. The van der Waals surface area contributed by atoms with Gasteiger partial charge in [-0.3, -0.25) is 0 Å². The summed E-state index contributed by atoms with van der Waals surface area (Å²) in [4.78, 5) is 4.54. The van der Waals surface area contributed by atoms with Gasteiger partial charge >= 0.3 is 0 Å². The molecule has 1 aromatic carbocycles. The molecule has 2 atom stereocenters. The fourth-order valence-corrected chi connectivity index (χ4v) is 2.60. The normalized spacial score (nSPS) is 21.5. The van der Waals surface area contributed by atoms with Crippen LogP contribution in [0.5, 0.6) is 5.75 Å². The van der Waals surface area contributed by atoms with Crippen LogP contribution in [0.1, 0.15) is 31.0 Å². The first-order valence-corrected chi connectivity index (χ1v) is 7.09. The standard InChI is InChI=1S/C15H20N4O/c1-11-9-13(16)15-17-14(18-19(15)10-11)7-8-20-12-5-3-2-4-6-12/h2-6,11,13H,7-10,16H2,1H3. The Balaban J connectivity index is 1.60. The molecule has 3 rings (SSSR count). The van der Waals surface area contributed by atoms with Crippen LogP contribution in [0.3, 0.4) is 0 Å². The van der Waals surface area contributed by atoms with Crippen molar-refractivity contribution in [3.63, 3.8) is 0 Å². The molecule has 0 bridgehead atoms. The van der Waals surface area contributed by atoms with Gasteiger partial charge in [0.15, 0.2) is 5.82 Å². The van der Waals surface area contributed by atoms with E-state index in [9.17, 15) is 0 Å². The molecule has 1 aromatic heterocycles. The van der Waals surface area contributed by atoms with Gasteiger partial charge in [-0.05, 0) is 24.5 Å². The smallest absolute Gasteiger partial charge is 0.154 e. The van der Waals surface area contributed by atoms with Crippen LogP contribution in [0, 0.1) is 5.92 Å². The van der Waals surface area contributed by atoms with Crippen LogP contribution in [-0.4, -0.2) is 21.4 Å². The highest BCUT2D eigenvalue weighted by Crippen LogP contribution is 2.24. The van der Waals surface area contributed by atoms with Crippen LogP contribution >= 0.6 is 0 Å². The van der Waals surface area contributed by atoms with E-state index in [0.717, 1.165) is 30.4 Å². The van der Waals surface area contributed by atoms with Gasteiger partial charge in [0.05, 0.1) is 12.6 Å². The maximum atomic E-state index is 6.12. The quantitative estimate of drug-likeness (QED) is 0.923. The minimum atomic E-state index is 0.00930. The number of fused-ring (bicyclic) bond motifs is 1. The zero-order valence-electron chi connectivity index (χ0n) is 11.7. The number of rotatable bonds is 4. The fourth-order valence-electron chi connectivity index (χ4n) is 2.60. The van der Waals surface area contributed by atoms with Gasteiger partial charge in [0.1, 0.15) is 11.6 Å². The van der Waals surface area contributed by atoms with Crippen LogP contribution in [0.2, 0.25) is 0 Å². The van der Waals surface area contributed by atoms with Crippen molar-refractivity contribution in [3.8, 4) is 5.75 Å². The average Bonchev–Trinajstić information content (AvgIpc) is 2.83. The summed E-state index contributed by atoms with van der Waals surface area (Å²) >= 11 is 0. The van der Waals surface area contributed by atoms with Gasteiger partial charge < -0.3 is 10.5 Å². The Labute approximate surface area is 118 Å². The third-order valence-electron chi connectivity index (χ3n) is 3.55. The molecule has 0 amide bonds. The van der Waals surface area contributed by atoms with Gasteiger partial charge in [-0.2, -0.15) is 5.10 Å². The van der Waals surface area contributed by atoms with E-state index in [1.165, 1.54) is 0 Å². The summed E-state index contributed by atoms with van der Waals surface area (Å²) in [6, 6.07) is 9.80. The molecule has 0 saturated heterocycles. The molecular formula is C15H20N4O. The Bertz CT molecular complexity index is 567. The molecular weight excluding hydrogens is 252 g/mol. The predicted octanol–water partition coefficient (Wildman–Crippen LogP) is 1.94. The van der Waals surface area contributed by atoms with Crippen LogP contribution in [0.4, 0.5) is 0 Å². The van der Waals surface area contributed by atoms with Crippen molar-refractivity contribution in [3.05, 3.63) is 42.0 Å². The molecule has 106 valence electrons. The summed E-state index contributed by atoms with van der Waals surface area (Å²) in [6.45, 7) is 3.69. The molecule has 0 saturated carbocycles. The Morgan fingerprint density at radius 1 is 1.35 bits per heavy atom. The minimum Gasteiger partial charge on any atom is -0.493 e. The van der Waals surface area contributed by atoms with Crippen molar-refractivity contribution in [2.45, 2.75) is 32.4 Å². The number of benzene rings is 1. The second-order valence-corrected chi connectivity index (χ2v) is 5.43. The van der Waals surface area contributed by atoms with Gasteiger partial charge in [0, 0.05) is 13.0 Å². The summed E-state index contributed by atoms with van der Waals surface area (Å²) in [6.07, 6.45) is 1.69. The van der Waals surface area contributed by atoms with E-state index in [-0.39, 0.29) is 6.04 Å². The Kier molecular flexibility index (Phi) is 3.69. The van der Waals surface area contributed by atoms with Gasteiger partial charge in [-0.1, -0.05) is 25.1 Å². The van der Waals surface area contributed by atoms with E-state index in [2.05, 4.69) is 17.0 Å². The number of aromatic nitrogens is 3. The second-order valence-electron chi connectivity index (χ2n) is 5.43. The lowest BCUT2D eigenvalue weighted by atomic mass is 9.98. The van der Waals surface area contributed by atoms with Gasteiger partial charge in [-0.25, -0.2) is 9.67 Å². The SMILES string of the molecule is CC1CC(N)c2nc(CCOc3ccccc3)nn2C1. The first-order valence-electron chi connectivity index (χ1n) is 7.09. The van der Waals surface area contributed by atoms with Crippen LogP contribution < -0.4 is 10.5 Å². The van der Waals surface area contributed by atoms with Crippen molar-refractivity contribution in [1.29, 1.82) is 0 Å². The molecule has 5 nitrogen and oxygen atoms in total. The molecule has 1 aliphatic heterocycles. The average molecular weight is 272 g/mol. The molecule has 0 spiro atoms. The molecule has 2 aromatic rings. The Morgan fingerprint density at radius 2 is 2.15 bits per heavy atom. The van der Waals surface area contributed by atoms with E-state index in [4.69, 9.17) is 10.5 Å². The monoisotopic (exact) mass is 272 g/mol. The molecule has 5 heteroatoms. The number of ether oxygens (including phenoxy) is 1. The first-order chi connectivity index (χ1) is 9.72. The number of nitrogens with zero attached hydrogens (tertiary/aromatic N) is 3. The second kappa shape index (κ2) is 5.63. The van der Waals surface area contributed by atoms with Crippen LogP contribution in [-0.2, 0) is 13.0 Å². The van der Waals surface area contributed by atoms with Gasteiger partial charge in [-0.15, -0.1) is 0 Å². The maximum Gasteiger partial charge on any atom is 0.154 e. The number of hydrogen-bond donors (Lipinski definition) is 1. The zero-order valence-corrected chi connectivity index (χ0v) is 11.7. The number of para-hydroxylation sites is 1. The van der Waals surface area contributed by atoms with Crippen molar-refractivity contribution in [2.75, 3.05) is 6.61 Å². The third kappa shape index (κ3) is 2.82. The highest BCUT2D eigenvalue weighted by molar-refractivity contribution is 5.20. The molecule has 0 fully saturated rings. The third-order valence-corrected chi connectivity index (χ3v) is 3.55. The van der Waals surface area contributed by atoms with E-state index >= 15 is 0 Å². The molecule has 2 N–H and O–H groups in total. The summed E-state index contributed by atoms with van der Waals surface area (Å²) in [5.74, 6) is 3.17. The number of hydrogen-bond acceptors (Lipinski definition) is 4. The van der Waals surface area contributed by atoms with Crippen molar-refractivity contribution in [2.24, 2.45) is 11.7 Å². The van der Waals surface area contributed by atoms with Crippen LogP contribution in [0.25, 0.3) is 0 Å². The largest absolute Gasteiger partial charge is 0.493 e. The van der Waals surface area contributed by atoms with Crippen molar-refractivity contribution in [1.82, 2.24) is 14.8 Å². The summed E-state index contributed by atoms with van der Waals surface area (Å²) in [7, 11) is 0. The Hall–Kier alpha value is -1.88. The van der Waals surface area contributed by atoms with E-state index < -0.39 is 0 Å². The molecule has 0 radical (unpaired) electrons. The summed E-state index contributed by atoms with van der Waals surface area (Å²) in [5.41, 5.74) is 6.12. The lowest BCUT2D eigenvalue weighted by molar-refractivity contribution is 0.315. The molecule has 20 heavy (non-hydrogen) atoms. The first kappa shape index (κ1) is 13.1. The lowest BCUT2D eigenvalue weighted by Crippen LogP contribution is -2.27. The zero-order chi connectivity index (χ0) is 13.9. The number of nitrogens with two attached hydrogens (primary N) is 1. The van der Waals surface area contributed by atoms with E-state index in [1.807, 2.05) is 35.0 Å². The molecule has 2 unspecified atom stereocenters. The maximum absolute atomic E-state index is 6.12.